The molecule has 4 heterocycles. The lowest BCUT2D eigenvalue weighted by Gasteiger charge is -2.55. The molecule has 5 nitrogen and oxygen atoms in total. The summed E-state index contributed by atoms with van der Waals surface area (Å²) in [6.45, 7) is 8.26. The van der Waals surface area contributed by atoms with Gasteiger partial charge in [-0.05, 0) is 67.5 Å². The highest BCUT2D eigenvalue weighted by atomic mass is 17.1. The van der Waals surface area contributed by atoms with E-state index >= 15 is 0 Å². The number of hydrogen-bond acceptors (Lipinski definition) is 5. The number of pyridine rings is 1. The van der Waals surface area contributed by atoms with Crippen LogP contribution in [-0.4, -0.2) is 41.4 Å². The number of aromatic nitrogens is 1. The maximum atomic E-state index is 10.4. The molecule has 3 aliphatic rings. The molecule has 0 radical (unpaired) electrons. The number of nitrogens with zero attached hydrogens (tertiary/aromatic N) is 2. The van der Waals surface area contributed by atoms with Crippen LogP contribution in [-0.2, 0) is 10.5 Å². The third-order valence-corrected chi connectivity index (χ3v) is 7.11. The van der Waals surface area contributed by atoms with E-state index in [1.54, 1.807) is 7.11 Å². The molecule has 3 saturated heterocycles. The van der Waals surface area contributed by atoms with Crippen LogP contribution in [0.4, 0.5) is 0 Å². The molecule has 29 heavy (non-hydrogen) atoms. The van der Waals surface area contributed by atoms with Crippen molar-refractivity contribution in [2.45, 2.75) is 50.7 Å². The Kier molecular flexibility index (Phi) is 5.91. The molecular weight excluding hydrogens is 364 g/mol. The highest BCUT2D eigenvalue weighted by Crippen LogP contribution is 2.48. The van der Waals surface area contributed by atoms with Crippen LogP contribution in [0, 0.1) is 11.8 Å². The average Bonchev–Trinajstić information content (AvgIpc) is 2.79. The molecule has 3 aliphatic heterocycles. The minimum Gasteiger partial charge on any atom is -0.497 e. The van der Waals surface area contributed by atoms with Gasteiger partial charge in [-0.2, -0.15) is 0 Å². The number of ether oxygens (including phenoxy) is 1. The zero-order valence-electron chi connectivity index (χ0n) is 17.5. The van der Waals surface area contributed by atoms with Crippen LogP contribution in [0.3, 0.4) is 0 Å². The highest BCUT2D eigenvalue weighted by molar-refractivity contribution is 5.84. The van der Waals surface area contributed by atoms with Gasteiger partial charge in [0.15, 0.2) is 0 Å². The Hall–Kier alpha value is -1.95. The van der Waals surface area contributed by atoms with Crippen molar-refractivity contribution >= 4 is 10.9 Å². The van der Waals surface area contributed by atoms with Crippen molar-refractivity contribution in [3.63, 3.8) is 0 Å². The molecule has 2 aromatic rings. The summed E-state index contributed by atoms with van der Waals surface area (Å²) in [5, 5.41) is 11.4. The lowest BCUT2D eigenvalue weighted by molar-refractivity contribution is -0.352. The maximum absolute atomic E-state index is 10.4. The second-order valence-corrected chi connectivity index (χ2v) is 8.52. The number of piperidine rings is 3. The standard InChI is InChI=1S/C24H32N2O3/c1-4-6-11-24(29-27,23-14-18-10-13-26(23)16-17(18)5-2)21-9-12-25-22-8-7-19(28-3)15-20(21)22/h5,7-9,12,15,17-18,23,27H,2,4,6,10-11,13-14,16H2,1,3H3/t17-,18-,23-,24+/m0/s1. The zero-order valence-corrected chi connectivity index (χ0v) is 17.5. The predicted molar refractivity (Wildman–Crippen MR) is 115 cm³/mol. The average molecular weight is 397 g/mol. The molecular formula is C24H32N2O3. The summed E-state index contributed by atoms with van der Waals surface area (Å²) in [5.41, 5.74) is 1.11. The van der Waals surface area contributed by atoms with Gasteiger partial charge in [0.2, 0.25) is 0 Å². The second kappa shape index (κ2) is 8.42. The van der Waals surface area contributed by atoms with Crippen LogP contribution in [0.1, 0.15) is 44.6 Å². The van der Waals surface area contributed by atoms with Gasteiger partial charge < -0.3 is 4.74 Å². The first-order chi connectivity index (χ1) is 14.2. The van der Waals surface area contributed by atoms with Crippen molar-refractivity contribution in [3.05, 3.63) is 48.7 Å². The number of benzene rings is 1. The Morgan fingerprint density at radius 3 is 2.90 bits per heavy atom. The number of methoxy groups -OCH3 is 1. The minimum absolute atomic E-state index is 0.130. The lowest BCUT2D eigenvalue weighted by Crippen LogP contribution is -2.61. The first-order valence-electron chi connectivity index (χ1n) is 10.8. The first kappa shape index (κ1) is 20.3. The lowest BCUT2D eigenvalue weighted by atomic mass is 9.68. The summed E-state index contributed by atoms with van der Waals surface area (Å²) in [4.78, 5) is 12.6. The fourth-order valence-corrected chi connectivity index (χ4v) is 5.52. The Bertz CT molecular complexity index is 870. The number of rotatable bonds is 8. The fraction of sp³-hybridized carbons (Fsp3) is 0.542. The van der Waals surface area contributed by atoms with Crippen molar-refractivity contribution in [1.29, 1.82) is 0 Å². The van der Waals surface area contributed by atoms with Gasteiger partial charge in [-0.1, -0.05) is 25.8 Å². The molecule has 0 amide bonds. The van der Waals surface area contributed by atoms with Crippen LogP contribution in [0.2, 0.25) is 0 Å². The fourth-order valence-electron chi connectivity index (χ4n) is 5.52. The number of fused-ring (bicyclic) bond motifs is 4. The van der Waals surface area contributed by atoms with E-state index in [1.165, 1.54) is 6.42 Å². The SMILES string of the molecule is C=C[C@H]1CN2CC[C@H]1C[C@H]2[C@](CCCC)(OO)c1ccnc2ccc(OC)cc12. The van der Waals surface area contributed by atoms with Crippen molar-refractivity contribution in [2.75, 3.05) is 20.2 Å². The van der Waals surface area contributed by atoms with Crippen LogP contribution in [0.5, 0.6) is 5.75 Å². The normalized spacial score (nSPS) is 28.2. The van der Waals surface area contributed by atoms with Gasteiger partial charge in [-0.25, -0.2) is 4.89 Å². The summed E-state index contributed by atoms with van der Waals surface area (Å²) >= 11 is 0. The Morgan fingerprint density at radius 1 is 1.38 bits per heavy atom. The second-order valence-electron chi connectivity index (χ2n) is 8.52. The van der Waals surface area contributed by atoms with Gasteiger partial charge in [-0.15, -0.1) is 6.58 Å². The molecule has 1 aromatic heterocycles. The van der Waals surface area contributed by atoms with Crippen molar-refractivity contribution in [1.82, 2.24) is 9.88 Å². The summed E-state index contributed by atoms with van der Waals surface area (Å²) < 4.78 is 5.48. The molecule has 0 spiro atoms. The van der Waals surface area contributed by atoms with Crippen LogP contribution < -0.4 is 4.74 Å². The summed E-state index contributed by atoms with van der Waals surface area (Å²) in [7, 11) is 1.67. The van der Waals surface area contributed by atoms with E-state index < -0.39 is 5.60 Å². The maximum Gasteiger partial charge on any atom is 0.144 e. The number of unbranched alkanes of at least 4 members (excludes halogenated alkanes) is 1. The molecule has 1 aromatic carbocycles. The van der Waals surface area contributed by atoms with Gasteiger partial charge in [0.05, 0.1) is 12.6 Å². The van der Waals surface area contributed by atoms with Crippen molar-refractivity contribution < 1.29 is 14.9 Å². The number of hydrogen-bond donors (Lipinski definition) is 1. The molecule has 5 rings (SSSR count). The Labute approximate surface area is 173 Å². The molecule has 5 atom stereocenters. The Morgan fingerprint density at radius 2 is 2.24 bits per heavy atom. The largest absolute Gasteiger partial charge is 0.497 e. The van der Waals surface area contributed by atoms with E-state index in [-0.39, 0.29) is 6.04 Å². The molecule has 2 bridgehead atoms. The molecule has 156 valence electrons. The molecule has 1 unspecified atom stereocenters. The molecule has 1 N–H and O–H groups in total. The predicted octanol–water partition coefficient (Wildman–Crippen LogP) is 5.01. The van der Waals surface area contributed by atoms with Crippen molar-refractivity contribution in [3.8, 4) is 5.75 Å². The van der Waals surface area contributed by atoms with E-state index in [1.807, 2.05) is 30.5 Å². The minimum atomic E-state index is -0.783. The summed E-state index contributed by atoms with van der Waals surface area (Å²) in [5.74, 6) is 1.91. The highest BCUT2D eigenvalue weighted by Gasteiger charge is 2.52. The molecule has 0 aliphatic carbocycles. The van der Waals surface area contributed by atoms with Crippen LogP contribution in [0.15, 0.2) is 43.1 Å². The first-order valence-corrected chi connectivity index (χ1v) is 10.8. The van der Waals surface area contributed by atoms with Gasteiger partial charge in [-0.3, -0.25) is 15.1 Å². The van der Waals surface area contributed by atoms with E-state index in [2.05, 4.69) is 29.5 Å². The van der Waals surface area contributed by atoms with Gasteiger partial charge >= 0.3 is 0 Å². The zero-order chi connectivity index (χ0) is 20.4. The van der Waals surface area contributed by atoms with Gasteiger partial charge in [0.1, 0.15) is 11.4 Å². The third kappa shape index (κ3) is 3.45. The molecule has 5 heteroatoms. The smallest absolute Gasteiger partial charge is 0.144 e. The van der Waals surface area contributed by atoms with Crippen molar-refractivity contribution in [2.24, 2.45) is 11.8 Å². The van der Waals surface area contributed by atoms with Gasteiger partial charge in [0, 0.05) is 24.2 Å². The third-order valence-electron chi connectivity index (χ3n) is 7.11. The van der Waals surface area contributed by atoms with Crippen LogP contribution >= 0.6 is 0 Å². The monoisotopic (exact) mass is 396 g/mol. The van der Waals surface area contributed by atoms with E-state index in [0.29, 0.717) is 11.8 Å². The summed E-state index contributed by atoms with van der Waals surface area (Å²) in [6, 6.07) is 8.06. The molecule has 0 saturated carbocycles. The molecule has 3 fully saturated rings. The van der Waals surface area contributed by atoms with Gasteiger partial charge in [0.25, 0.3) is 0 Å². The van der Waals surface area contributed by atoms with Crippen LogP contribution in [0.25, 0.3) is 10.9 Å². The van der Waals surface area contributed by atoms with E-state index in [4.69, 9.17) is 9.62 Å². The van der Waals surface area contributed by atoms with E-state index in [0.717, 1.165) is 61.0 Å². The Balaban J connectivity index is 1.85. The quantitative estimate of drug-likeness (QED) is 0.386. The summed E-state index contributed by atoms with van der Waals surface area (Å²) in [6.07, 6.45) is 8.92. The topological polar surface area (TPSA) is 54.8 Å². The van der Waals surface area contributed by atoms with E-state index in [9.17, 15) is 5.26 Å².